The molecule has 8 rings (SSSR count). The number of amides is 5. The molecule has 20 heteroatoms. The lowest BCUT2D eigenvalue weighted by atomic mass is 9.95. The van der Waals surface area contributed by atoms with Crippen LogP contribution in [0.15, 0.2) is 66.9 Å². The van der Waals surface area contributed by atoms with Crippen molar-refractivity contribution in [1.29, 1.82) is 0 Å². The minimum absolute atomic E-state index is 0.0259. The zero-order valence-corrected chi connectivity index (χ0v) is 36.5. The number of rotatable bonds is 14. The van der Waals surface area contributed by atoms with E-state index in [0.717, 1.165) is 56.2 Å². The number of nitrogens with zero attached hydrogens (tertiary/aromatic N) is 7. The molecular weight excluding hydrogens is 850 g/mol. The molecule has 0 spiro atoms. The second-order valence-corrected chi connectivity index (χ2v) is 17.0. The van der Waals surface area contributed by atoms with Crippen LogP contribution in [0, 0.1) is 5.92 Å². The van der Waals surface area contributed by atoms with E-state index in [0.29, 0.717) is 58.6 Å². The van der Waals surface area contributed by atoms with Gasteiger partial charge >= 0.3 is 0 Å². The van der Waals surface area contributed by atoms with Crippen molar-refractivity contribution in [2.24, 2.45) is 5.92 Å². The van der Waals surface area contributed by atoms with Gasteiger partial charge in [0.15, 0.2) is 5.82 Å². The van der Waals surface area contributed by atoms with Crippen molar-refractivity contribution in [2.75, 3.05) is 91.7 Å². The zero-order chi connectivity index (χ0) is 44.2. The molecule has 330 valence electrons. The molecule has 5 heterocycles. The predicted octanol–water partition coefficient (Wildman–Crippen LogP) is 3.80. The number of methoxy groups -OCH3 is 1. The number of anilines is 7. The number of carbonyl (C=O) groups is 5. The number of halogens is 1. The number of ether oxygens (including phenoxy) is 1. The monoisotopic (exact) mass is 897 g/mol. The minimum atomic E-state index is -1.08. The fourth-order valence-electron chi connectivity index (χ4n) is 8.53. The van der Waals surface area contributed by atoms with Crippen LogP contribution >= 0.6 is 11.6 Å². The van der Waals surface area contributed by atoms with Crippen LogP contribution in [-0.4, -0.2) is 131 Å². The van der Waals surface area contributed by atoms with Crippen LogP contribution in [0.4, 0.5) is 40.2 Å². The Balaban J connectivity index is 0.796. The number of imide groups is 2. The number of piperidine rings is 2. The Morgan fingerprint density at radius 3 is 2.40 bits per heavy atom. The summed E-state index contributed by atoms with van der Waals surface area (Å²) in [5, 5.41) is 11.8. The third kappa shape index (κ3) is 9.61. The Kier molecular flexibility index (Phi) is 13.2. The molecule has 4 aliphatic heterocycles. The molecule has 4 aliphatic rings. The van der Waals surface area contributed by atoms with E-state index in [4.69, 9.17) is 16.3 Å². The normalized spacial score (nSPS) is 18.6. The molecule has 3 fully saturated rings. The molecule has 5 amide bonds. The number of para-hydroxylation sites is 2. The van der Waals surface area contributed by atoms with Crippen LogP contribution in [0.2, 0.25) is 5.02 Å². The number of aromatic nitrogens is 2. The molecule has 1 atom stereocenters. The van der Waals surface area contributed by atoms with Gasteiger partial charge in [-0.05, 0) is 61.6 Å². The predicted molar refractivity (Wildman–Crippen MR) is 241 cm³/mol. The van der Waals surface area contributed by atoms with Gasteiger partial charge in [-0.1, -0.05) is 29.8 Å². The summed E-state index contributed by atoms with van der Waals surface area (Å²) in [6.45, 7) is 6.01. The van der Waals surface area contributed by atoms with Crippen molar-refractivity contribution in [2.45, 2.75) is 31.7 Å². The quantitative estimate of drug-likeness (QED) is 0.0904. The third-order valence-corrected chi connectivity index (χ3v) is 12.6. The summed E-state index contributed by atoms with van der Waals surface area (Å²) in [4.78, 5) is 80.8. The lowest BCUT2D eigenvalue weighted by Crippen LogP contribution is -2.54. The number of hydrogen-bond acceptors (Lipinski definition) is 14. The van der Waals surface area contributed by atoms with Crippen molar-refractivity contribution in [3.8, 4) is 5.75 Å². The molecule has 0 saturated carbocycles. The first-order valence-electron chi connectivity index (χ1n) is 20.7. The molecule has 63 heavy (non-hydrogen) atoms. The first-order valence-corrected chi connectivity index (χ1v) is 21.9. The lowest BCUT2D eigenvalue weighted by molar-refractivity contribution is -0.136. The van der Waals surface area contributed by atoms with E-state index >= 15 is 0 Å². The standard InChI is InChI=1S/C43H48ClN11O7S/c1-51(63-61)33-9-4-3-7-30(33)47-39-29(44)23-45-43(50-39)48-31-11-10-27(22-35(31)62-2)54-16-14-26(15-17-54)24-52-18-20-53(21-19-52)25-37(57)46-32-8-5-6-28-38(32)42(60)55(41(28)59)34-12-13-36(56)49-40(34)58/h3-11,22-23,26,34,63H,12-21,24-25H2,1-2H3,(H,46,57)(H,49,56,58)(H2,45,47,48,50). The van der Waals surface area contributed by atoms with E-state index in [9.17, 15) is 28.2 Å². The highest BCUT2D eigenvalue weighted by Crippen LogP contribution is 2.36. The maximum absolute atomic E-state index is 13.4. The average Bonchev–Trinajstić information content (AvgIpc) is 3.54. The third-order valence-electron chi connectivity index (χ3n) is 11.9. The van der Waals surface area contributed by atoms with Gasteiger partial charge in [-0.2, -0.15) is 4.98 Å². The molecule has 1 aromatic heterocycles. The summed E-state index contributed by atoms with van der Waals surface area (Å²) in [7, 11) is 3.33. The van der Waals surface area contributed by atoms with Crippen molar-refractivity contribution in [3.05, 3.63) is 83.0 Å². The Morgan fingerprint density at radius 1 is 0.905 bits per heavy atom. The summed E-state index contributed by atoms with van der Waals surface area (Å²) < 4.78 is 18.9. The molecule has 18 nitrogen and oxygen atoms in total. The van der Waals surface area contributed by atoms with Gasteiger partial charge < -0.3 is 30.5 Å². The van der Waals surface area contributed by atoms with Crippen LogP contribution in [0.5, 0.6) is 5.75 Å². The van der Waals surface area contributed by atoms with Crippen molar-refractivity contribution < 1.29 is 32.9 Å². The fourth-order valence-corrected chi connectivity index (χ4v) is 8.93. The molecule has 0 radical (unpaired) electrons. The molecule has 1 unspecified atom stereocenters. The van der Waals surface area contributed by atoms with Crippen molar-refractivity contribution in [1.82, 2.24) is 30.0 Å². The van der Waals surface area contributed by atoms with Gasteiger partial charge in [-0.15, -0.1) is 0 Å². The van der Waals surface area contributed by atoms with E-state index < -0.39 is 29.7 Å². The van der Waals surface area contributed by atoms with Gasteiger partial charge in [0.1, 0.15) is 28.7 Å². The molecular formula is C43H48ClN11O7S. The maximum Gasteiger partial charge on any atom is 0.264 e. The second kappa shape index (κ2) is 19.1. The van der Waals surface area contributed by atoms with Crippen LogP contribution in [0.3, 0.4) is 0 Å². The van der Waals surface area contributed by atoms with E-state index in [1.165, 1.54) is 12.3 Å². The zero-order valence-electron chi connectivity index (χ0n) is 34.8. The Hall–Kier alpha value is -6.15. The van der Waals surface area contributed by atoms with Gasteiger partial charge in [-0.25, -0.2) is 9.19 Å². The van der Waals surface area contributed by atoms with Crippen LogP contribution in [-0.2, 0) is 26.2 Å². The van der Waals surface area contributed by atoms with Crippen molar-refractivity contribution >= 4 is 93.2 Å². The summed E-state index contributed by atoms with van der Waals surface area (Å²) in [6, 6.07) is 17.0. The molecule has 0 aliphatic carbocycles. The Bertz CT molecular complexity index is 2440. The SMILES string of the molecule is COc1cc(N2CCC(CN3CCN(CC(=O)Nc4cccc5c4C(=O)N(C4CCC(=O)NC4=O)C5=O)CC3)CC2)ccc1Nc1ncc(Cl)c(Nc2ccccc2N(C)[SH]=O)n1. The number of fused-ring (bicyclic) bond motifs is 1. The summed E-state index contributed by atoms with van der Waals surface area (Å²) in [6.07, 6.45) is 3.67. The average molecular weight is 898 g/mol. The van der Waals surface area contributed by atoms with Gasteiger partial charge in [0.25, 0.3) is 11.8 Å². The molecule has 3 aromatic carbocycles. The van der Waals surface area contributed by atoms with Crippen LogP contribution in [0.1, 0.15) is 46.4 Å². The van der Waals surface area contributed by atoms with Crippen LogP contribution < -0.4 is 35.2 Å². The highest BCUT2D eigenvalue weighted by Gasteiger charge is 2.45. The second-order valence-electron chi connectivity index (χ2n) is 15.9. The summed E-state index contributed by atoms with van der Waals surface area (Å²) in [5.41, 5.74) is 3.54. The van der Waals surface area contributed by atoms with Crippen LogP contribution in [0.25, 0.3) is 0 Å². The maximum atomic E-state index is 13.4. The first-order chi connectivity index (χ1) is 30.5. The van der Waals surface area contributed by atoms with Gasteiger partial charge in [0.05, 0.1) is 53.7 Å². The number of benzene rings is 3. The number of thiol groups is 1. The molecule has 3 saturated heterocycles. The van der Waals surface area contributed by atoms with Gasteiger partial charge in [-0.3, -0.25) is 43.4 Å². The van der Waals surface area contributed by atoms with E-state index in [2.05, 4.69) is 52.0 Å². The Labute approximate surface area is 372 Å². The van der Waals surface area contributed by atoms with Gasteiger partial charge in [0, 0.05) is 71.0 Å². The summed E-state index contributed by atoms with van der Waals surface area (Å²) in [5.74, 6) is -0.824. The van der Waals surface area contributed by atoms with Crippen molar-refractivity contribution in [3.63, 3.8) is 0 Å². The van der Waals surface area contributed by atoms with E-state index in [1.807, 2.05) is 36.4 Å². The summed E-state index contributed by atoms with van der Waals surface area (Å²) >= 11 is 6.31. The number of nitrogens with one attached hydrogen (secondary N) is 4. The smallest absolute Gasteiger partial charge is 0.264 e. The number of carbonyl (C=O) groups excluding carboxylic acids is 5. The molecule has 0 bridgehead atoms. The minimum Gasteiger partial charge on any atom is -0.494 e. The molecule has 4 aromatic rings. The largest absolute Gasteiger partial charge is 0.494 e. The number of hydrogen-bond donors (Lipinski definition) is 5. The van der Waals surface area contributed by atoms with E-state index in [-0.39, 0.29) is 54.0 Å². The lowest BCUT2D eigenvalue weighted by Gasteiger charge is -2.39. The highest BCUT2D eigenvalue weighted by atomic mass is 35.5. The highest BCUT2D eigenvalue weighted by molar-refractivity contribution is 7.67. The first kappa shape index (κ1) is 43.5. The van der Waals surface area contributed by atoms with E-state index in [1.54, 1.807) is 30.6 Å². The fraction of sp³-hybridized carbons (Fsp3) is 0.372. The molecule has 4 N–H and O–H groups in total. The number of piperazine rings is 1. The topological polar surface area (TPSA) is 202 Å². The van der Waals surface area contributed by atoms with Gasteiger partial charge in [0.2, 0.25) is 23.7 Å². The Morgan fingerprint density at radius 2 is 1.65 bits per heavy atom.